The molecule has 0 aromatic heterocycles. The van der Waals surface area contributed by atoms with Gasteiger partial charge in [-0.1, -0.05) is 0 Å². The summed E-state index contributed by atoms with van der Waals surface area (Å²) in [6.45, 7) is 1.80. The third-order valence-electron chi connectivity index (χ3n) is 5.41. The maximum absolute atomic E-state index is 12.7. The van der Waals surface area contributed by atoms with Gasteiger partial charge in [-0.3, -0.25) is 4.79 Å². The summed E-state index contributed by atoms with van der Waals surface area (Å²) in [5, 5.41) is 3.30. The number of likely N-dealkylation sites (N-methyl/N-ethyl adjacent to an activating group) is 1. The molecule has 4 heteroatoms. The first-order chi connectivity index (χ1) is 8.70. The molecule has 0 aromatic rings. The SMILES string of the molecule is CNC1CCCN(C(=O)C2C3CCC(C3)C2N)C1. The highest BCUT2D eigenvalue weighted by Crippen LogP contribution is 2.48. The van der Waals surface area contributed by atoms with Gasteiger partial charge in [0, 0.05) is 25.2 Å². The van der Waals surface area contributed by atoms with Gasteiger partial charge in [0.1, 0.15) is 0 Å². The fraction of sp³-hybridized carbons (Fsp3) is 0.929. The van der Waals surface area contributed by atoms with Crippen molar-refractivity contribution >= 4 is 5.91 Å². The lowest BCUT2D eigenvalue weighted by molar-refractivity contribution is -0.139. The molecule has 3 aliphatic rings. The normalized spacial score (nSPS) is 43.4. The number of carbonyl (C=O) groups excluding carboxylic acids is 1. The maximum Gasteiger partial charge on any atom is 0.227 e. The number of rotatable bonds is 2. The molecule has 3 N–H and O–H groups in total. The summed E-state index contributed by atoms with van der Waals surface area (Å²) in [4.78, 5) is 14.7. The van der Waals surface area contributed by atoms with Gasteiger partial charge >= 0.3 is 0 Å². The first-order valence-electron chi connectivity index (χ1n) is 7.42. The number of carbonyl (C=O) groups is 1. The molecule has 1 saturated heterocycles. The Morgan fingerprint density at radius 2 is 2.06 bits per heavy atom. The van der Waals surface area contributed by atoms with Crippen LogP contribution in [0.15, 0.2) is 0 Å². The predicted molar refractivity (Wildman–Crippen MR) is 71.0 cm³/mol. The van der Waals surface area contributed by atoms with Gasteiger partial charge in [-0.05, 0) is 51.0 Å². The Morgan fingerprint density at radius 3 is 2.72 bits per heavy atom. The Kier molecular flexibility index (Phi) is 3.32. The molecule has 2 aliphatic carbocycles. The number of nitrogens with zero attached hydrogens (tertiary/aromatic N) is 1. The van der Waals surface area contributed by atoms with Crippen LogP contribution in [-0.2, 0) is 4.79 Å². The minimum atomic E-state index is 0.124. The van der Waals surface area contributed by atoms with E-state index in [9.17, 15) is 4.79 Å². The van der Waals surface area contributed by atoms with E-state index >= 15 is 0 Å². The second-order valence-electron chi connectivity index (χ2n) is 6.35. The van der Waals surface area contributed by atoms with E-state index in [0.717, 1.165) is 19.5 Å². The van der Waals surface area contributed by atoms with Gasteiger partial charge in [-0.15, -0.1) is 0 Å². The minimum Gasteiger partial charge on any atom is -0.341 e. The van der Waals surface area contributed by atoms with Gasteiger partial charge in [0.25, 0.3) is 0 Å². The second-order valence-corrected chi connectivity index (χ2v) is 6.35. The molecule has 18 heavy (non-hydrogen) atoms. The van der Waals surface area contributed by atoms with Crippen LogP contribution >= 0.6 is 0 Å². The van der Waals surface area contributed by atoms with E-state index < -0.39 is 0 Å². The van der Waals surface area contributed by atoms with Crippen molar-refractivity contribution in [2.45, 2.75) is 44.2 Å². The van der Waals surface area contributed by atoms with Crippen molar-refractivity contribution < 1.29 is 4.79 Å². The molecule has 1 heterocycles. The highest BCUT2D eigenvalue weighted by atomic mass is 16.2. The number of hydrogen-bond acceptors (Lipinski definition) is 3. The first-order valence-corrected chi connectivity index (χ1v) is 7.42. The number of hydrogen-bond donors (Lipinski definition) is 2. The van der Waals surface area contributed by atoms with E-state index in [1.165, 1.54) is 25.7 Å². The minimum absolute atomic E-state index is 0.124. The molecule has 2 bridgehead atoms. The quantitative estimate of drug-likeness (QED) is 0.754. The van der Waals surface area contributed by atoms with Crippen LogP contribution in [0.2, 0.25) is 0 Å². The van der Waals surface area contributed by atoms with Crippen LogP contribution < -0.4 is 11.1 Å². The lowest BCUT2D eigenvalue weighted by atomic mass is 9.83. The Balaban J connectivity index is 1.67. The molecule has 1 aliphatic heterocycles. The van der Waals surface area contributed by atoms with Gasteiger partial charge in [-0.2, -0.15) is 0 Å². The molecule has 1 amide bonds. The van der Waals surface area contributed by atoms with E-state index in [-0.39, 0.29) is 12.0 Å². The standard InChI is InChI=1S/C14H25N3O/c1-16-11-3-2-6-17(8-11)14(18)12-9-4-5-10(7-9)13(12)15/h9-13,16H,2-8,15H2,1H3. The van der Waals surface area contributed by atoms with Crippen molar-refractivity contribution in [2.75, 3.05) is 20.1 Å². The molecular formula is C14H25N3O. The number of likely N-dealkylation sites (tertiary alicyclic amines) is 1. The Labute approximate surface area is 109 Å². The molecule has 3 fully saturated rings. The van der Waals surface area contributed by atoms with Gasteiger partial charge in [0.05, 0.1) is 5.92 Å². The van der Waals surface area contributed by atoms with E-state index in [1.54, 1.807) is 0 Å². The molecule has 2 saturated carbocycles. The third-order valence-corrected chi connectivity index (χ3v) is 5.41. The second kappa shape index (κ2) is 4.82. The highest BCUT2D eigenvalue weighted by molar-refractivity contribution is 5.80. The van der Waals surface area contributed by atoms with Crippen molar-refractivity contribution in [1.29, 1.82) is 0 Å². The molecule has 0 spiro atoms. The van der Waals surface area contributed by atoms with Gasteiger partial charge in [-0.25, -0.2) is 0 Å². The average Bonchev–Trinajstić information content (AvgIpc) is 2.99. The maximum atomic E-state index is 12.7. The smallest absolute Gasteiger partial charge is 0.227 e. The number of piperidine rings is 1. The van der Waals surface area contributed by atoms with E-state index in [1.807, 2.05) is 7.05 Å². The summed E-state index contributed by atoms with van der Waals surface area (Å²) >= 11 is 0. The fourth-order valence-electron chi connectivity index (χ4n) is 4.33. The molecule has 3 rings (SSSR count). The fourth-order valence-corrected chi connectivity index (χ4v) is 4.33. The zero-order valence-electron chi connectivity index (χ0n) is 11.3. The highest BCUT2D eigenvalue weighted by Gasteiger charge is 2.50. The van der Waals surface area contributed by atoms with Crippen molar-refractivity contribution in [3.05, 3.63) is 0 Å². The molecule has 0 aromatic carbocycles. The largest absolute Gasteiger partial charge is 0.341 e. The third kappa shape index (κ3) is 1.95. The molecule has 4 nitrogen and oxygen atoms in total. The Morgan fingerprint density at radius 1 is 1.28 bits per heavy atom. The summed E-state index contributed by atoms with van der Waals surface area (Å²) < 4.78 is 0. The van der Waals surface area contributed by atoms with Gasteiger partial charge < -0.3 is 16.0 Å². The summed E-state index contributed by atoms with van der Waals surface area (Å²) in [6.07, 6.45) is 5.96. The number of nitrogens with two attached hydrogens (primary N) is 1. The number of fused-ring (bicyclic) bond motifs is 2. The van der Waals surface area contributed by atoms with Gasteiger partial charge in [0.2, 0.25) is 5.91 Å². The van der Waals surface area contributed by atoms with E-state index in [4.69, 9.17) is 5.73 Å². The lowest BCUT2D eigenvalue weighted by Crippen LogP contribution is -2.52. The molecule has 0 radical (unpaired) electrons. The number of amides is 1. The lowest BCUT2D eigenvalue weighted by Gasteiger charge is -2.37. The van der Waals surface area contributed by atoms with Crippen LogP contribution in [0, 0.1) is 17.8 Å². The van der Waals surface area contributed by atoms with Crippen molar-refractivity contribution in [3.8, 4) is 0 Å². The first kappa shape index (κ1) is 12.4. The average molecular weight is 251 g/mol. The van der Waals surface area contributed by atoms with E-state index in [0.29, 0.717) is 23.8 Å². The van der Waals surface area contributed by atoms with Crippen LogP contribution in [0.3, 0.4) is 0 Å². The number of nitrogens with one attached hydrogen (secondary N) is 1. The summed E-state index contributed by atoms with van der Waals surface area (Å²) in [5.41, 5.74) is 6.28. The zero-order chi connectivity index (χ0) is 12.7. The molecule has 5 unspecified atom stereocenters. The monoisotopic (exact) mass is 251 g/mol. The van der Waals surface area contributed by atoms with E-state index in [2.05, 4.69) is 10.2 Å². The summed E-state index contributed by atoms with van der Waals surface area (Å²) in [7, 11) is 1.99. The topological polar surface area (TPSA) is 58.4 Å². The summed E-state index contributed by atoms with van der Waals surface area (Å²) in [5.74, 6) is 1.66. The van der Waals surface area contributed by atoms with Crippen LogP contribution in [0.4, 0.5) is 0 Å². The van der Waals surface area contributed by atoms with Crippen molar-refractivity contribution in [2.24, 2.45) is 23.5 Å². The van der Waals surface area contributed by atoms with Gasteiger partial charge in [0.15, 0.2) is 0 Å². The van der Waals surface area contributed by atoms with Crippen molar-refractivity contribution in [1.82, 2.24) is 10.2 Å². The molecular weight excluding hydrogens is 226 g/mol. The Bertz CT molecular complexity index is 331. The molecule has 102 valence electrons. The zero-order valence-corrected chi connectivity index (χ0v) is 11.3. The Hall–Kier alpha value is -0.610. The van der Waals surface area contributed by atoms with Crippen LogP contribution in [0.5, 0.6) is 0 Å². The van der Waals surface area contributed by atoms with Crippen LogP contribution in [0.1, 0.15) is 32.1 Å². The van der Waals surface area contributed by atoms with Crippen LogP contribution in [-0.4, -0.2) is 43.0 Å². The molecule has 5 atom stereocenters. The predicted octanol–water partition coefficient (Wildman–Crippen LogP) is 0.570. The summed E-state index contributed by atoms with van der Waals surface area (Å²) in [6, 6.07) is 0.601. The van der Waals surface area contributed by atoms with Crippen LogP contribution in [0.25, 0.3) is 0 Å². The van der Waals surface area contributed by atoms with Crippen molar-refractivity contribution in [3.63, 3.8) is 0 Å².